The average Bonchev–Trinajstić information content (AvgIpc) is 3.21. The van der Waals surface area contributed by atoms with Gasteiger partial charge >= 0.3 is 6.01 Å². The number of ether oxygens (including phenoxy) is 2. The lowest BCUT2D eigenvalue weighted by atomic mass is 9.81. The zero-order valence-corrected chi connectivity index (χ0v) is 18.9. The molecule has 0 radical (unpaired) electrons. The Morgan fingerprint density at radius 3 is 2.72 bits per heavy atom. The highest BCUT2D eigenvalue weighted by atomic mass is 19.1. The fourth-order valence-electron chi connectivity index (χ4n) is 4.30. The van der Waals surface area contributed by atoms with E-state index in [0.29, 0.717) is 12.4 Å². The highest BCUT2D eigenvalue weighted by molar-refractivity contribution is 5.97. The Morgan fingerprint density at radius 2 is 2.12 bits per heavy atom. The van der Waals surface area contributed by atoms with Crippen LogP contribution in [0.25, 0.3) is 0 Å². The maximum Gasteiger partial charge on any atom is 0.337 e. The third-order valence-corrected chi connectivity index (χ3v) is 6.14. The number of anilines is 1. The number of halogens is 1. The lowest BCUT2D eigenvalue weighted by Gasteiger charge is -2.39. The van der Waals surface area contributed by atoms with Gasteiger partial charge in [0.2, 0.25) is 0 Å². The van der Waals surface area contributed by atoms with E-state index in [2.05, 4.69) is 25.4 Å². The van der Waals surface area contributed by atoms with E-state index in [0.717, 1.165) is 32.6 Å². The molecule has 2 saturated heterocycles. The number of rotatable bonds is 7. The molecule has 4 rings (SSSR count). The molecule has 1 aromatic heterocycles. The minimum atomic E-state index is -0.515. The van der Waals surface area contributed by atoms with Gasteiger partial charge in [0.05, 0.1) is 12.7 Å². The lowest BCUT2D eigenvalue weighted by Crippen LogP contribution is -2.54. The third kappa shape index (κ3) is 4.19. The maximum atomic E-state index is 14.1. The molecular weight excluding hydrogens is 415 g/mol. The van der Waals surface area contributed by atoms with Crippen LogP contribution in [0.2, 0.25) is 0 Å². The van der Waals surface area contributed by atoms with E-state index in [-0.39, 0.29) is 40.6 Å². The minimum absolute atomic E-state index is 0.0431. The number of hydrogen-bond acceptors (Lipinski definition) is 8. The fraction of sp³-hybridized carbons (Fsp3) is 0.545. The number of nitrogens with one attached hydrogen (secondary N) is 1. The summed E-state index contributed by atoms with van der Waals surface area (Å²) in [6.07, 6.45) is 1.03. The normalized spacial score (nSPS) is 16.9. The van der Waals surface area contributed by atoms with Gasteiger partial charge in [0.1, 0.15) is 11.6 Å². The van der Waals surface area contributed by atoms with Gasteiger partial charge in [-0.3, -0.25) is 4.79 Å². The van der Waals surface area contributed by atoms with Crippen LogP contribution in [0, 0.1) is 11.2 Å². The van der Waals surface area contributed by atoms with Crippen LogP contribution in [0.3, 0.4) is 0 Å². The van der Waals surface area contributed by atoms with E-state index < -0.39 is 5.82 Å². The van der Waals surface area contributed by atoms with E-state index in [1.165, 1.54) is 25.3 Å². The van der Waals surface area contributed by atoms with Gasteiger partial charge in [0.15, 0.2) is 5.82 Å². The topological polar surface area (TPSA) is 92.7 Å². The van der Waals surface area contributed by atoms with Crippen molar-refractivity contribution in [2.24, 2.45) is 5.41 Å². The standard InChI is InChI=1S/C22H29FN6O3/c1-5-29(14(2)3)20(30)16-10-15(23)6-7-17(16)32-19-18(25-21(31-4)27-26-19)28-9-8-22(13-28)11-24-12-22/h6-7,10,14,24H,5,8-9,11-13H2,1-4H3. The second-order valence-corrected chi connectivity index (χ2v) is 8.63. The summed E-state index contributed by atoms with van der Waals surface area (Å²) in [5, 5.41) is 11.5. The quantitative estimate of drug-likeness (QED) is 0.696. The first-order chi connectivity index (χ1) is 15.4. The molecule has 3 heterocycles. The Kier molecular flexibility index (Phi) is 6.14. The number of benzene rings is 1. The molecule has 1 amide bonds. The number of aromatic nitrogens is 3. The Hall–Kier alpha value is -3.01. The van der Waals surface area contributed by atoms with E-state index in [1.54, 1.807) is 4.90 Å². The Labute approximate surface area is 186 Å². The minimum Gasteiger partial charge on any atom is -0.466 e. The molecule has 9 nitrogen and oxygen atoms in total. The van der Waals surface area contributed by atoms with Crippen molar-refractivity contribution in [3.63, 3.8) is 0 Å². The molecule has 2 fully saturated rings. The summed E-state index contributed by atoms with van der Waals surface area (Å²) < 4.78 is 25.3. The molecule has 172 valence electrons. The number of methoxy groups -OCH3 is 1. The molecule has 10 heteroatoms. The van der Waals surface area contributed by atoms with Gasteiger partial charge in [0, 0.05) is 44.2 Å². The zero-order chi connectivity index (χ0) is 22.9. The monoisotopic (exact) mass is 444 g/mol. The van der Waals surface area contributed by atoms with Gasteiger partial charge in [-0.2, -0.15) is 4.98 Å². The molecule has 2 aliphatic heterocycles. The molecule has 0 saturated carbocycles. The largest absolute Gasteiger partial charge is 0.466 e. The first-order valence-corrected chi connectivity index (χ1v) is 10.9. The van der Waals surface area contributed by atoms with Crippen LogP contribution in [0.4, 0.5) is 10.2 Å². The summed E-state index contributed by atoms with van der Waals surface area (Å²) in [6.45, 7) is 9.74. The molecule has 0 unspecified atom stereocenters. The molecule has 2 aliphatic rings. The van der Waals surface area contributed by atoms with Crippen molar-refractivity contribution >= 4 is 11.7 Å². The Morgan fingerprint density at radius 1 is 1.34 bits per heavy atom. The predicted molar refractivity (Wildman–Crippen MR) is 117 cm³/mol. The summed E-state index contributed by atoms with van der Waals surface area (Å²) in [7, 11) is 1.48. The van der Waals surface area contributed by atoms with Crippen molar-refractivity contribution in [2.45, 2.75) is 33.2 Å². The molecule has 0 atom stereocenters. The summed E-state index contributed by atoms with van der Waals surface area (Å²) in [5.74, 6) is 0.0347. The van der Waals surface area contributed by atoms with Crippen molar-refractivity contribution in [1.82, 2.24) is 25.4 Å². The van der Waals surface area contributed by atoms with Crippen molar-refractivity contribution in [2.75, 3.05) is 44.7 Å². The van der Waals surface area contributed by atoms with Gasteiger partial charge in [0.25, 0.3) is 11.8 Å². The number of amides is 1. The maximum absolute atomic E-state index is 14.1. The van der Waals surface area contributed by atoms with Gasteiger partial charge in [-0.25, -0.2) is 4.39 Å². The third-order valence-electron chi connectivity index (χ3n) is 6.14. The molecule has 1 N–H and O–H groups in total. The molecular formula is C22H29FN6O3. The van der Waals surface area contributed by atoms with Crippen LogP contribution in [0.5, 0.6) is 17.6 Å². The number of carbonyl (C=O) groups excluding carboxylic acids is 1. The Balaban J connectivity index is 1.68. The van der Waals surface area contributed by atoms with Gasteiger partial charge in [-0.15, -0.1) is 5.10 Å². The molecule has 0 aliphatic carbocycles. The summed E-state index contributed by atoms with van der Waals surface area (Å²) in [5.41, 5.74) is 0.357. The molecule has 2 aromatic rings. The zero-order valence-electron chi connectivity index (χ0n) is 18.9. The SMILES string of the molecule is CCN(C(=O)c1cc(F)ccc1Oc1nnc(OC)nc1N1CCC2(CNC2)C1)C(C)C. The second kappa shape index (κ2) is 8.85. The van der Waals surface area contributed by atoms with Crippen molar-refractivity contribution in [3.05, 3.63) is 29.6 Å². The van der Waals surface area contributed by atoms with Crippen LogP contribution in [0.15, 0.2) is 18.2 Å². The van der Waals surface area contributed by atoms with E-state index in [9.17, 15) is 9.18 Å². The predicted octanol–water partition coefficient (Wildman–Crippen LogP) is 2.48. The van der Waals surface area contributed by atoms with Crippen LogP contribution < -0.4 is 19.7 Å². The van der Waals surface area contributed by atoms with E-state index >= 15 is 0 Å². The summed E-state index contributed by atoms with van der Waals surface area (Å²) in [6, 6.07) is 3.98. The highest BCUT2D eigenvalue weighted by Gasteiger charge is 2.44. The fourth-order valence-corrected chi connectivity index (χ4v) is 4.30. The molecule has 1 aromatic carbocycles. The number of hydrogen-bond donors (Lipinski definition) is 1. The first kappa shape index (κ1) is 22.2. The van der Waals surface area contributed by atoms with Crippen molar-refractivity contribution in [3.8, 4) is 17.6 Å². The van der Waals surface area contributed by atoms with E-state index in [4.69, 9.17) is 9.47 Å². The van der Waals surface area contributed by atoms with Gasteiger partial charge in [-0.05, 0) is 45.4 Å². The molecule has 0 bridgehead atoms. The number of carbonyl (C=O) groups is 1. The molecule has 1 spiro atoms. The molecule has 32 heavy (non-hydrogen) atoms. The summed E-state index contributed by atoms with van der Waals surface area (Å²) >= 11 is 0. The highest BCUT2D eigenvalue weighted by Crippen LogP contribution is 2.40. The van der Waals surface area contributed by atoms with Crippen LogP contribution in [-0.4, -0.2) is 71.9 Å². The van der Waals surface area contributed by atoms with Crippen LogP contribution in [0.1, 0.15) is 37.6 Å². The average molecular weight is 445 g/mol. The van der Waals surface area contributed by atoms with Crippen LogP contribution in [-0.2, 0) is 0 Å². The smallest absolute Gasteiger partial charge is 0.337 e. The number of nitrogens with zero attached hydrogens (tertiary/aromatic N) is 5. The van der Waals surface area contributed by atoms with Crippen molar-refractivity contribution in [1.29, 1.82) is 0 Å². The summed E-state index contributed by atoms with van der Waals surface area (Å²) in [4.78, 5) is 21.4. The van der Waals surface area contributed by atoms with Gasteiger partial charge in [-0.1, -0.05) is 5.10 Å². The van der Waals surface area contributed by atoms with Crippen molar-refractivity contribution < 1.29 is 18.7 Å². The first-order valence-electron chi connectivity index (χ1n) is 10.9. The van der Waals surface area contributed by atoms with E-state index in [1.807, 2.05) is 20.8 Å². The second-order valence-electron chi connectivity index (χ2n) is 8.63. The van der Waals surface area contributed by atoms with Crippen LogP contribution >= 0.6 is 0 Å². The van der Waals surface area contributed by atoms with Gasteiger partial charge < -0.3 is 24.6 Å². The lowest BCUT2D eigenvalue weighted by molar-refractivity contribution is 0.0713. The Bertz CT molecular complexity index is 998.